The summed E-state index contributed by atoms with van der Waals surface area (Å²) in [4.78, 5) is 19.1. The van der Waals surface area contributed by atoms with Crippen molar-refractivity contribution in [2.75, 3.05) is 5.32 Å². The van der Waals surface area contributed by atoms with Crippen LogP contribution in [-0.4, -0.2) is 15.9 Å². The zero-order chi connectivity index (χ0) is 12.5. The lowest BCUT2D eigenvalue weighted by molar-refractivity contribution is 0.102. The van der Waals surface area contributed by atoms with E-state index in [0.29, 0.717) is 10.7 Å². The van der Waals surface area contributed by atoms with Crippen molar-refractivity contribution in [3.63, 3.8) is 0 Å². The third-order valence-electron chi connectivity index (χ3n) is 2.62. The quantitative estimate of drug-likeness (QED) is 0.740. The third-order valence-corrected chi connectivity index (χ3v) is 3.56. The highest BCUT2D eigenvalue weighted by Gasteiger charge is 2.09. The maximum absolute atomic E-state index is 11.9. The summed E-state index contributed by atoms with van der Waals surface area (Å²) >= 11 is 1.48. The maximum Gasteiger partial charge on any atom is 0.258 e. The Hall–Kier alpha value is -2.14. The molecule has 18 heavy (non-hydrogen) atoms. The highest BCUT2D eigenvalue weighted by molar-refractivity contribution is 7.22. The van der Waals surface area contributed by atoms with Gasteiger partial charge in [0.05, 0.1) is 15.8 Å². The van der Waals surface area contributed by atoms with Crippen LogP contribution in [-0.2, 0) is 0 Å². The van der Waals surface area contributed by atoms with E-state index in [1.807, 2.05) is 19.1 Å². The SMILES string of the molecule is Cc1ccc2nc(NC(=O)c3cc[nH]c3)sc2c1. The molecule has 2 aromatic heterocycles. The summed E-state index contributed by atoms with van der Waals surface area (Å²) in [7, 11) is 0. The first-order chi connectivity index (χ1) is 8.72. The van der Waals surface area contributed by atoms with Gasteiger partial charge in [0.1, 0.15) is 0 Å². The standard InChI is InChI=1S/C13H11N3OS/c1-8-2-3-10-11(6-8)18-13(15-10)16-12(17)9-4-5-14-7-9/h2-7,14H,1H3,(H,15,16,17). The van der Waals surface area contributed by atoms with Gasteiger partial charge in [0.25, 0.3) is 5.91 Å². The number of H-pyrrole nitrogens is 1. The average molecular weight is 257 g/mol. The van der Waals surface area contributed by atoms with E-state index in [0.717, 1.165) is 10.2 Å². The number of carbonyl (C=O) groups excluding carboxylic acids is 1. The molecule has 0 aliphatic rings. The van der Waals surface area contributed by atoms with Crippen LogP contribution < -0.4 is 5.32 Å². The van der Waals surface area contributed by atoms with Crippen molar-refractivity contribution in [2.24, 2.45) is 0 Å². The Labute approximate surface area is 108 Å². The van der Waals surface area contributed by atoms with Gasteiger partial charge in [-0.1, -0.05) is 17.4 Å². The van der Waals surface area contributed by atoms with Crippen molar-refractivity contribution in [3.05, 3.63) is 47.8 Å². The van der Waals surface area contributed by atoms with E-state index in [9.17, 15) is 4.79 Å². The van der Waals surface area contributed by atoms with Gasteiger partial charge in [0.2, 0.25) is 0 Å². The Kier molecular flexibility index (Phi) is 2.60. The first-order valence-corrected chi connectivity index (χ1v) is 6.35. The molecular formula is C13H11N3OS. The molecule has 3 aromatic rings. The molecule has 0 unspecified atom stereocenters. The summed E-state index contributed by atoms with van der Waals surface area (Å²) < 4.78 is 1.08. The molecule has 0 bridgehead atoms. The van der Waals surface area contributed by atoms with Crippen molar-refractivity contribution in [3.8, 4) is 0 Å². The highest BCUT2D eigenvalue weighted by Crippen LogP contribution is 2.26. The molecule has 0 aliphatic heterocycles. The average Bonchev–Trinajstić information content (AvgIpc) is 2.95. The second-order valence-electron chi connectivity index (χ2n) is 4.04. The molecule has 0 saturated heterocycles. The minimum absolute atomic E-state index is 0.146. The molecule has 2 heterocycles. The number of aromatic nitrogens is 2. The van der Waals surface area contributed by atoms with Gasteiger partial charge in [0.15, 0.2) is 5.13 Å². The summed E-state index contributed by atoms with van der Waals surface area (Å²) in [6, 6.07) is 7.78. The number of anilines is 1. The fourth-order valence-electron chi connectivity index (χ4n) is 1.72. The van der Waals surface area contributed by atoms with Crippen LogP contribution in [0.1, 0.15) is 15.9 Å². The summed E-state index contributed by atoms with van der Waals surface area (Å²) in [5, 5.41) is 3.43. The van der Waals surface area contributed by atoms with Gasteiger partial charge in [-0.3, -0.25) is 10.1 Å². The predicted octanol–water partition coefficient (Wildman–Crippen LogP) is 3.19. The second kappa shape index (κ2) is 4.27. The van der Waals surface area contributed by atoms with Gasteiger partial charge in [-0.05, 0) is 30.7 Å². The van der Waals surface area contributed by atoms with Crippen molar-refractivity contribution in [2.45, 2.75) is 6.92 Å². The van der Waals surface area contributed by atoms with Gasteiger partial charge in [0, 0.05) is 12.4 Å². The van der Waals surface area contributed by atoms with Crippen LogP contribution in [0.5, 0.6) is 0 Å². The Morgan fingerprint density at radius 1 is 1.39 bits per heavy atom. The molecule has 3 rings (SSSR count). The number of rotatable bonds is 2. The number of aryl methyl sites for hydroxylation is 1. The normalized spacial score (nSPS) is 10.7. The van der Waals surface area contributed by atoms with E-state index in [4.69, 9.17) is 0 Å². The monoisotopic (exact) mass is 257 g/mol. The van der Waals surface area contributed by atoms with Gasteiger partial charge in [-0.15, -0.1) is 0 Å². The lowest BCUT2D eigenvalue weighted by Gasteiger charge is -1.96. The molecule has 0 aliphatic carbocycles. The van der Waals surface area contributed by atoms with Crippen LogP contribution in [0.4, 0.5) is 5.13 Å². The molecular weight excluding hydrogens is 246 g/mol. The molecule has 0 atom stereocenters. The van der Waals surface area contributed by atoms with E-state index < -0.39 is 0 Å². The number of fused-ring (bicyclic) bond motifs is 1. The van der Waals surface area contributed by atoms with Crippen LogP contribution in [0.2, 0.25) is 0 Å². The van der Waals surface area contributed by atoms with E-state index in [1.54, 1.807) is 18.5 Å². The Bertz CT molecular complexity index is 700. The van der Waals surface area contributed by atoms with Crippen molar-refractivity contribution >= 4 is 32.6 Å². The van der Waals surface area contributed by atoms with Crippen LogP contribution >= 0.6 is 11.3 Å². The van der Waals surface area contributed by atoms with Crippen LogP contribution in [0.15, 0.2) is 36.7 Å². The zero-order valence-corrected chi connectivity index (χ0v) is 10.5. The fraction of sp³-hybridized carbons (Fsp3) is 0.0769. The van der Waals surface area contributed by atoms with Gasteiger partial charge in [-0.25, -0.2) is 4.98 Å². The molecule has 1 aromatic carbocycles. The van der Waals surface area contributed by atoms with Gasteiger partial charge >= 0.3 is 0 Å². The summed E-state index contributed by atoms with van der Waals surface area (Å²) in [6.45, 7) is 2.04. The number of carbonyl (C=O) groups is 1. The summed E-state index contributed by atoms with van der Waals surface area (Å²) in [5.74, 6) is -0.146. The van der Waals surface area contributed by atoms with Crippen LogP contribution in [0, 0.1) is 6.92 Å². The minimum Gasteiger partial charge on any atom is -0.367 e. The number of nitrogens with one attached hydrogen (secondary N) is 2. The molecule has 90 valence electrons. The lowest BCUT2D eigenvalue weighted by Crippen LogP contribution is -2.10. The van der Waals surface area contributed by atoms with Gasteiger partial charge in [-0.2, -0.15) is 0 Å². The van der Waals surface area contributed by atoms with E-state index >= 15 is 0 Å². The number of hydrogen-bond acceptors (Lipinski definition) is 3. The van der Waals surface area contributed by atoms with E-state index in [1.165, 1.54) is 16.9 Å². The van der Waals surface area contributed by atoms with E-state index in [2.05, 4.69) is 21.4 Å². The first-order valence-electron chi connectivity index (χ1n) is 5.54. The number of aromatic amines is 1. The molecule has 0 fully saturated rings. The predicted molar refractivity (Wildman–Crippen MR) is 73.1 cm³/mol. The van der Waals surface area contributed by atoms with E-state index in [-0.39, 0.29) is 5.91 Å². The van der Waals surface area contributed by atoms with Gasteiger partial charge < -0.3 is 4.98 Å². The zero-order valence-electron chi connectivity index (χ0n) is 9.73. The van der Waals surface area contributed by atoms with Crippen LogP contribution in [0.25, 0.3) is 10.2 Å². The Balaban J connectivity index is 1.89. The lowest BCUT2D eigenvalue weighted by atomic mass is 10.2. The smallest absolute Gasteiger partial charge is 0.258 e. The summed E-state index contributed by atoms with van der Waals surface area (Å²) in [6.07, 6.45) is 3.38. The Morgan fingerprint density at radius 2 is 2.28 bits per heavy atom. The minimum atomic E-state index is -0.146. The number of thiazole rings is 1. The van der Waals surface area contributed by atoms with Crippen LogP contribution in [0.3, 0.4) is 0 Å². The third kappa shape index (κ3) is 2.00. The molecule has 2 N–H and O–H groups in total. The van der Waals surface area contributed by atoms with Crippen molar-refractivity contribution in [1.82, 2.24) is 9.97 Å². The number of benzene rings is 1. The second-order valence-corrected chi connectivity index (χ2v) is 5.07. The molecule has 0 spiro atoms. The number of nitrogens with zero attached hydrogens (tertiary/aromatic N) is 1. The summed E-state index contributed by atoms with van der Waals surface area (Å²) in [5.41, 5.74) is 2.70. The molecule has 4 nitrogen and oxygen atoms in total. The molecule has 5 heteroatoms. The number of amides is 1. The largest absolute Gasteiger partial charge is 0.367 e. The fourth-order valence-corrected chi connectivity index (χ4v) is 2.68. The topological polar surface area (TPSA) is 57.8 Å². The highest BCUT2D eigenvalue weighted by atomic mass is 32.1. The Morgan fingerprint density at radius 3 is 3.06 bits per heavy atom. The van der Waals surface area contributed by atoms with Crippen molar-refractivity contribution in [1.29, 1.82) is 0 Å². The first kappa shape index (κ1) is 11.0. The molecule has 0 radical (unpaired) electrons. The number of hydrogen-bond donors (Lipinski definition) is 2. The van der Waals surface area contributed by atoms with Crippen molar-refractivity contribution < 1.29 is 4.79 Å². The maximum atomic E-state index is 11.9. The molecule has 1 amide bonds. The molecule has 0 saturated carbocycles.